The summed E-state index contributed by atoms with van der Waals surface area (Å²) in [6.07, 6.45) is 0. The first kappa shape index (κ1) is 21.5. The number of fused-ring (bicyclic) bond motifs is 1. The SMILES string of the molecule is COc1ccc(-c2oc3cc(C)c(C)cc3c(=O)c2OCc2c(C)noc2C)cc1OC. The lowest BCUT2D eigenvalue weighted by Crippen LogP contribution is -2.11. The number of benzene rings is 2. The summed E-state index contributed by atoms with van der Waals surface area (Å²) in [7, 11) is 3.12. The van der Waals surface area contributed by atoms with E-state index >= 15 is 0 Å². The first-order valence-electron chi connectivity index (χ1n) is 10.2. The summed E-state index contributed by atoms with van der Waals surface area (Å²) < 4.78 is 28.3. The summed E-state index contributed by atoms with van der Waals surface area (Å²) in [6.45, 7) is 7.71. The molecule has 2 heterocycles. The smallest absolute Gasteiger partial charge is 0.235 e. The van der Waals surface area contributed by atoms with Gasteiger partial charge in [0.15, 0.2) is 17.3 Å². The Morgan fingerprint density at radius 3 is 2.31 bits per heavy atom. The molecule has 166 valence electrons. The fourth-order valence-electron chi connectivity index (χ4n) is 3.58. The van der Waals surface area contributed by atoms with Gasteiger partial charge in [0.1, 0.15) is 18.0 Å². The Morgan fingerprint density at radius 1 is 0.938 bits per heavy atom. The van der Waals surface area contributed by atoms with Crippen molar-refractivity contribution in [2.45, 2.75) is 34.3 Å². The van der Waals surface area contributed by atoms with Crippen LogP contribution < -0.4 is 19.6 Å². The van der Waals surface area contributed by atoms with Crippen LogP contribution in [0.4, 0.5) is 0 Å². The number of rotatable bonds is 6. The highest BCUT2D eigenvalue weighted by Gasteiger charge is 2.21. The minimum atomic E-state index is -0.245. The van der Waals surface area contributed by atoms with Crippen molar-refractivity contribution in [2.75, 3.05) is 14.2 Å². The predicted octanol–water partition coefficient (Wildman–Crippen LogP) is 5.28. The largest absolute Gasteiger partial charge is 0.493 e. The van der Waals surface area contributed by atoms with E-state index in [-0.39, 0.29) is 17.8 Å². The van der Waals surface area contributed by atoms with Crippen molar-refractivity contribution in [1.29, 1.82) is 0 Å². The van der Waals surface area contributed by atoms with Crippen LogP contribution in [-0.2, 0) is 6.61 Å². The molecule has 0 spiro atoms. The molecule has 0 amide bonds. The molecule has 0 fully saturated rings. The summed E-state index contributed by atoms with van der Waals surface area (Å²) in [5.41, 5.74) is 4.42. The van der Waals surface area contributed by atoms with Crippen LogP contribution in [0.1, 0.15) is 28.1 Å². The normalized spacial score (nSPS) is 11.1. The molecule has 0 bridgehead atoms. The van der Waals surface area contributed by atoms with Gasteiger partial charge in [-0.25, -0.2) is 0 Å². The number of aromatic nitrogens is 1. The predicted molar refractivity (Wildman–Crippen MR) is 121 cm³/mol. The Morgan fingerprint density at radius 2 is 1.66 bits per heavy atom. The van der Waals surface area contributed by atoms with Crippen molar-refractivity contribution in [2.24, 2.45) is 0 Å². The third kappa shape index (κ3) is 3.70. The fourth-order valence-corrected chi connectivity index (χ4v) is 3.58. The number of hydrogen-bond donors (Lipinski definition) is 0. The van der Waals surface area contributed by atoms with E-state index in [1.807, 2.05) is 39.8 Å². The molecule has 7 heteroatoms. The van der Waals surface area contributed by atoms with Gasteiger partial charge in [-0.3, -0.25) is 4.79 Å². The van der Waals surface area contributed by atoms with E-state index in [9.17, 15) is 4.79 Å². The molecule has 0 N–H and O–H groups in total. The van der Waals surface area contributed by atoms with E-state index in [0.29, 0.717) is 45.2 Å². The van der Waals surface area contributed by atoms with E-state index in [0.717, 1.165) is 16.7 Å². The zero-order valence-electron chi connectivity index (χ0n) is 19.0. The van der Waals surface area contributed by atoms with Crippen LogP contribution in [0.3, 0.4) is 0 Å². The third-order valence-electron chi connectivity index (χ3n) is 5.65. The number of hydrogen-bond acceptors (Lipinski definition) is 7. The average molecular weight is 435 g/mol. The summed E-state index contributed by atoms with van der Waals surface area (Å²) in [6, 6.07) is 9.02. The van der Waals surface area contributed by atoms with Crippen molar-refractivity contribution < 1.29 is 23.2 Å². The minimum Gasteiger partial charge on any atom is -0.493 e. The van der Waals surface area contributed by atoms with E-state index in [1.165, 1.54) is 0 Å². The maximum Gasteiger partial charge on any atom is 0.235 e. The summed E-state index contributed by atoms with van der Waals surface area (Å²) in [5, 5.41) is 4.42. The Hall–Kier alpha value is -3.74. The van der Waals surface area contributed by atoms with Gasteiger partial charge in [0.2, 0.25) is 11.2 Å². The number of nitrogens with zero attached hydrogens (tertiary/aromatic N) is 1. The molecule has 0 atom stereocenters. The van der Waals surface area contributed by atoms with Crippen LogP contribution in [-0.4, -0.2) is 19.4 Å². The standard InChI is InChI=1S/C25H25NO6/c1-13-9-18-21(10-14(13)2)31-24(17-7-8-20(28-5)22(11-17)29-6)25(23(18)27)30-12-19-15(3)26-32-16(19)4/h7-11H,12H2,1-6H3. The lowest BCUT2D eigenvalue weighted by atomic mass is 10.0. The van der Waals surface area contributed by atoms with Gasteiger partial charge >= 0.3 is 0 Å². The van der Waals surface area contributed by atoms with Gasteiger partial charge in [0, 0.05) is 5.56 Å². The molecule has 2 aromatic heterocycles. The van der Waals surface area contributed by atoms with Crippen molar-refractivity contribution in [3.63, 3.8) is 0 Å². The summed E-state index contributed by atoms with van der Waals surface area (Å²) in [5.74, 6) is 2.17. The zero-order valence-corrected chi connectivity index (χ0v) is 19.0. The van der Waals surface area contributed by atoms with E-state index in [2.05, 4.69) is 5.16 Å². The van der Waals surface area contributed by atoms with Crippen LogP contribution >= 0.6 is 0 Å². The highest BCUT2D eigenvalue weighted by Crippen LogP contribution is 2.37. The van der Waals surface area contributed by atoms with Crippen LogP contribution in [0.25, 0.3) is 22.3 Å². The number of ether oxygens (including phenoxy) is 3. The Bertz CT molecular complexity index is 1350. The van der Waals surface area contributed by atoms with E-state index < -0.39 is 0 Å². The second-order valence-electron chi connectivity index (χ2n) is 7.68. The lowest BCUT2D eigenvalue weighted by molar-refractivity contribution is 0.293. The molecule has 4 rings (SSSR count). The minimum absolute atomic E-state index is 0.118. The molecular formula is C25H25NO6. The summed E-state index contributed by atoms with van der Waals surface area (Å²) in [4.78, 5) is 13.5. The monoisotopic (exact) mass is 435 g/mol. The zero-order chi connectivity index (χ0) is 23.0. The average Bonchev–Trinajstić information content (AvgIpc) is 3.11. The second kappa shape index (κ2) is 8.42. The van der Waals surface area contributed by atoms with Gasteiger partial charge in [-0.1, -0.05) is 5.16 Å². The number of aryl methyl sites for hydroxylation is 4. The molecule has 2 aromatic carbocycles. The molecule has 0 unspecified atom stereocenters. The molecule has 0 radical (unpaired) electrons. The first-order chi connectivity index (χ1) is 15.3. The van der Waals surface area contributed by atoms with E-state index in [4.69, 9.17) is 23.2 Å². The van der Waals surface area contributed by atoms with E-state index in [1.54, 1.807) is 32.4 Å². The third-order valence-corrected chi connectivity index (χ3v) is 5.65. The molecule has 4 aromatic rings. The van der Waals surface area contributed by atoms with Crippen molar-refractivity contribution in [3.8, 4) is 28.6 Å². The molecule has 0 aliphatic carbocycles. The van der Waals surface area contributed by atoms with Gasteiger partial charge in [-0.2, -0.15) is 0 Å². The first-order valence-corrected chi connectivity index (χ1v) is 10.2. The fraction of sp³-hybridized carbons (Fsp3) is 0.280. The van der Waals surface area contributed by atoms with Gasteiger partial charge in [-0.05, 0) is 69.2 Å². The van der Waals surface area contributed by atoms with Crippen LogP contribution in [0.15, 0.2) is 44.1 Å². The maximum atomic E-state index is 13.5. The molecule has 32 heavy (non-hydrogen) atoms. The highest BCUT2D eigenvalue weighted by molar-refractivity contribution is 5.83. The van der Waals surface area contributed by atoms with Gasteiger partial charge in [0.05, 0.1) is 30.9 Å². The quantitative estimate of drug-likeness (QED) is 0.407. The topological polar surface area (TPSA) is 83.9 Å². The Kier molecular flexibility index (Phi) is 5.65. The lowest BCUT2D eigenvalue weighted by Gasteiger charge is -2.14. The molecule has 0 saturated carbocycles. The van der Waals surface area contributed by atoms with Crippen molar-refractivity contribution in [3.05, 3.63) is 68.7 Å². The summed E-state index contributed by atoms with van der Waals surface area (Å²) >= 11 is 0. The van der Waals surface area contributed by atoms with Gasteiger partial charge in [-0.15, -0.1) is 0 Å². The Labute approximate surface area is 185 Å². The van der Waals surface area contributed by atoms with Crippen LogP contribution in [0.2, 0.25) is 0 Å². The van der Waals surface area contributed by atoms with Crippen molar-refractivity contribution in [1.82, 2.24) is 5.16 Å². The molecule has 0 saturated heterocycles. The second-order valence-corrected chi connectivity index (χ2v) is 7.68. The number of methoxy groups -OCH3 is 2. The Balaban J connectivity index is 1.92. The molecule has 0 aliphatic heterocycles. The van der Waals surface area contributed by atoms with Gasteiger partial charge < -0.3 is 23.2 Å². The van der Waals surface area contributed by atoms with Crippen LogP contribution in [0, 0.1) is 27.7 Å². The molecule has 7 nitrogen and oxygen atoms in total. The maximum absolute atomic E-state index is 13.5. The molecule has 0 aliphatic rings. The molecular weight excluding hydrogens is 410 g/mol. The van der Waals surface area contributed by atoms with Gasteiger partial charge in [0.25, 0.3) is 0 Å². The highest BCUT2D eigenvalue weighted by atomic mass is 16.5. The van der Waals surface area contributed by atoms with Crippen molar-refractivity contribution >= 4 is 11.0 Å². The van der Waals surface area contributed by atoms with Crippen LogP contribution in [0.5, 0.6) is 17.2 Å².